The summed E-state index contributed by atoms with van der Waals surface area (Å²) in [7, 11) is 0. The molecule has 2 aliphatic carbocycles. The summed E-state index contributed by atoms with van der Waals surface area (Å²) in [5.41, 5.74) is 0.726. The number of halogens is 1. The number of ether oxygens (including phenoxy) is 1. The molecule has 5 rings (SSSR count). The Morgan fingerprint density at radius 1 is 1.21 bits per heavy atom. The highest BCUT2D eigenvalue weighted by atomic mass is 35.5. The lowest BCUT2D eigenvalue weighted by Crippen LogP contribution is -2.55. The quantitative estimate of drug-likeness (QED) is 0.414. The van der Waals surface area contributed by atoms with E-state index >= 15 is 0 Å². The van der Waals surface area contributed by atoms with Gasteiger partial charge >= 0.3 is 5.97 Å². The molecule has 1 N–H and O–H groups in total. The maximum Gasteiger partial charge on any atom is 0.322 e. The van der Waals surface area contributed by atoms with Crippen molar-refractivity contribution in [3.05, 3.63) is 23.2 Å². The Morgan fingerprint density at radius 3 is 2.62 bits per heavy atom. The van der Waals surface area contributed by atoms with Crippen LogP contribution in [0, 0.1) is 11.8 Å². The van der Waals surface area contributed by atoms with Gasteiger partial charge < -0.3 is 14.4 Å². The van der Waals surface area contributed by atoms with Gasteiger partial charge in [0.2, 0.25) is 0 Å². The molecule has 186 valence electrons. The van der Waals surface area contributed by atoms with Gasteiger partial charge in [0, 0.05) is 17.5 Å². The van der Waals surface area contributed by atoms with Crippen LogP contribution < -0.4 is 0 Å². The molecule has 1 saturated heterocycles. The van der Waals surface area contributed by atoms with Crippen LogP contribution in [0.1, 0.15) is 90.5 Å². The minimum absolute atomic E-state index is 0.158. The second kappa shape index (κ2) is 10.0. The maximum atomic E-state index is 13.5. The maximum absolute atomic E-state index is 13.5. The van der Waals surface area contributed by atoms with Crippen molar-refractivity contribution in [1.82, 2.24) is 9.55 Å². The number of carbonyl (C=O) groups excluding carboxylic acids is 1. The Hall–Kier alpha value is -1.24. The van der Waals surface area contributed by atoms with Crippen LogP contribution >= 0.6 is 23.4 Å². The minimum atomic E-state index is -1.08. The summed E-state index contributed by atoms with van der Waals surface area (Å²) >= 11 is 7.61. The van der Waals surface area contributed by atoms with Gasteiger partial charge in [-0.2, -0.15) is 0 Å². The molecule has 1 aromatic heterocycles. The number of fused-ring (bicyclic) bond motifs is 1. The van der Waals surface area contributed by atoms with Crippen molar-refractivity contribution in [3.63, 3.8) is 0 Å². The Morgan fingerprint density at radius 2 is 1.91 bits per heavy atom. The first-order chi connectivity index (χ1) is 16.3. The van der Waals surface area contributed by atoms with E-state index in [1.54, 1.807) is 0 Å². The zero-order chi connectivity index (χ0) is 23.9. The van der Waals surface area contributed by atoms with Crippen molar-refractivity contribution in [1.29, 1.82) is 0 Å². The number of aliphatic hydroxyl groups is 1. The Balaban J connectivity index is 1.45. The molecule has 1 aromatic carbocycles. The third-order valence-electron chi connectivity index (χ3n) is 8.27. The molecule has 0 bridgehead atoms. The number of aromatic nitrogens is 2. The highest BCUT2D eigenvalue weighted by Gasteiger charge is 2.52. The highest BCUT2D eigenvalue weighted by Crippen LogP contribution is 2.46. The van der Waals surface area contributed by atoms with Gasteiger partial charge in [0.15, 0.2) is 5.16 Å². The summed E-state index contributed by atoms with van der Waals surface area (Å²) in [5.74, 6) is 0.776. The molecule has 3 unspecified atom stereocenters. The number of rotatable bonds is 7. The third-order valence-corrected chi connectivity index (χ3v) is 9.87. The van der Waals surface area contributed by atoms with Crippen LogP contribution in [0.25, 0.3) is 11.0 Å². The molecule has 1 aliphatic heterocycles. The minimum Gasteiger partial charge on any atom is -0.461 e. The van der Waals surface area contributed by atoms with Crippen LogP contribution in [0.3, 0.4) is 0 Å². The number of nitrogens with zero attached hydrogens (tertiary/aromatic N) is 2. The van der Waals surface area contributed by atoms with Gasteiger partial charge in [-0.15, -0.1) is 0 Å². The molecular weight excluding hydrogens is 468 g/mol. The standard InChI is InChI=1S/C27H37ClN2O3S/c1-17(2)30-22-12-11-20(28)15-21(22)29-26(30)34-24-25(31)33-23(19-9-5-6-10-19)16-27(24,32)14-13-18-7-3-4-8-18/h11-12,15,17-19,23-24,32H,3-10,13-14,16H2,1-2H3. The molecular formula is C27H37ClN2O3S. The predicted octanol–water partition coefficient (Wildman–Crippen LogP) is 6.94. The van der Waals surface area contributed by atoms with E-state index < -0.39 is 10.9 Å². The number of esters is 1. The van der Waals surface area contributed by atoms with Gasteiger partial charge in [-0.25, -0.2) is 4.98 Å². The number of carbonyl (C=O) groups is 1. The Labute approximate surface area is 212 Å². The van der Waals surface area contributed by atoms with Gasteiger partial charge in [0.1, 0.15) is 11.4 Å². The molecule has 3 fully saturated rings. The SMILES string of the molecule is CC(C)n1c(SC2C(=O)OC(C3CCCC3)CC2(O)CCC2CCCC2)nc2cc(Cl)ccc21. The number of imidazole rings is 1. The van der Waals surface area contributed by atoms with E-state index in [0.717, 1.165) is 35.5 Å². The van der Waals surface area contributed by atoms with Gasteiger partial charge in [-0.1, -0.05) is 61.9 Å². The van der Waals surface area contributed by atoms with Crippen LogP contribution in [-0.4, -0.2) is 37.6 Å². The molecule has 2 saturated carbocycles. The summed E-state index contributed by atoms with van der Waals surface area (Å²) in [6, 6.07) is 5.88. The first-order valence-corrected chi connectivity index (χ1v) is 14.4. The van der Waals surface area contributed by atoms with Crippen molar-refractivity contribution < 1.29 is 14.6 Å². The lowest BCUT2D eigenvalue weighted by molar-refractivity contribution is -0.173. The van der Waals surface area contributed by atoms with Crippen LogP contribution in [0.4, 0.5) is 0 Å². The van der Waals surface area contributed by atoms with Crippen molar-refractivity contribution in [3.8, 4) is 0 Å². The first kappa shape index (κ1) is 24.5. The van der Waals surface area contributed by atoms with Crippen LogP contribution in [-0.2, 0) is 9.53 Å². The molecule has 0 amide bonds. The van der Waals surface area contributed by atoms with Gasteiger partial charge in [-0.05, 0) is 69.6 Å². The van der Waals surface area contributed by atoms with Crippen molar-refractivity contribution in [2.45, 2.75) is 113 Å². The molecule has 0 radical (unpaired) electrons. The normalized spacial score (nSPS) is 28.9. The summed E-state index contributed by atoms with van der Waals surface area (Å²) < 4.78 is 8.18. The molecule has 7 heteroatoms. The molecule has 5 nitrogen and oxygen atoms in total. The number of thioether (sulfide) groups is 1. The molecule has 3 aliphatic rings. The van der Waals surface area contributed by atoms with Crippen molar-refractivity contribution in [2.75, 3.05) is 0 Å². The van der Waals surface area contributed by atoms with E-state index in [9.17, 15) is 9.90 Å². The fraction of sp³-hybridized carbons (Fsp3) is 0.704. The Bertz CT molecular complexity index is 1030. The summed E-state index contributed by atoms with van der Waals surface area (Å²) in [6.45, 7) is 4.22. The molecule has 34 heavy (non-hydrogen) atoms. The molecule has 0 spiro atoms. The highest BCUT2D eigenvalue weighted by molar-refractivity contribution is 8.00. The molecule has 2 aromatic rings. The fourth-order valence-electron chi connectivity index (χ4n) is 6.40. The first-order valence-electron chi connectivity index (χ1n) is 13.1. The van der Waals surface area contributed by atoms with Crippen LogP contribution in [0.2, 0.25) is 5.02 Å². The topological polar surface area (TPSA) is 64.3 Å². The smallest absolute Gasteiger partial charge is 0.322 e. The second-order valence-electron chi connectivity index (χ2n) is 11.0. The van der Waals surface area contributed by atoms with E-state index in [1.165, 1.54) is 50.3 Å². The Kier molecular flexibility index (Phi) is 7.21. The van der Waals surface area contributed by atoms with Crippen molar-refractivity contribution in [2.24, 2.45) is 11.8 Å². The van der Waals surface area contributed by atoms with Crippen LogP contribution in [0.5, 0.6) is 0 Å². The zero-order valence-corrected chi connectivity index (χ0v) is 21.9. The van der Waals surface area contributed by atoms with Gasteiger partial charge in [0.05, 0.1) is 16.6 Å². The number of cyclic esters (lactones) is 1. The van der Waals surface area contributed by atoms with Crippen LogP contribution in [0.15, 0.2) is 23.4 Å². The van der Waals surface area contributed by atoms with E-state index in [0.29, 0.717) is 29.7 Å². The van der Waals surface area contributed by atoms with Crippen molar-refractivity contribution >= 4 is 40.4 Å². The van der Waals surface area contributed by atoms with Gasteiger partial charge in [-0.3, -0.25) is 4.79 Å². The van der Waals surface area contributed by atoms with E-state index in [2.05, 4.69) is 18.4 Å². The number of hydrogen-bond donors (Lipinski definition) is 1. The number of hydrogen-bond acceptors (Lipinski definition) is 5. The number of benzene rings is 1. The fourth-order valence-corrected chi connectivity index (χ4v) is 7.94. The lowest BCUT2D eigenvalue weighted by atomic mass is 9.79. The largest absolute Gasteiger partial charge is 0.461 e. The summed E-state index contributed by atoms with van der Waals surface area (Å²) in [4.78, 5) is 18.3. The predicted molar refractivity (Wildman–Crippen MR) is 137 cm³/mol. The van der Waals surface area contributed by atoms with E-state index in [1.807, 2.05) is 18.2 Å². The summed E-state index contributed by atoms with van der Waals surface area (Å²) in [5, 5.41) is 12.8. The van der Waals surface area contributed by atoms with E-state index in [4.69, 9.17) is 21.3 Å². The zero-order valence-electron chi connectivity index (χ0n) is 20.3. The van der Waals surface area contributed by atoms with Gasteiger partial charge in [0.25, 0.3) is 0 Å². The second-order valence-corrected chi connectivity index (χ2v) is 12.5. The average Bonchev–Trinajstić information content (AvgIpc) is 3.55. The molecule has 3 atom stereocenters. The third kappa shape index (κ3) is 4.87. The lowest BCUT2D eigenvalue weighted by Gasteiger charge is -2.43. The summed E-state index contributed by atoms with van der Waals surface area (Å²) in [6.07, 6.45) is 11.7. The monoisotopic (exact) mass is 504 g/mol. The average molecular weight is 505 g/mol. The molecule has 2 heterocycles. The van der Waals surface area contributed by atoms with E-state index in [-0.39, 0.29) is 18.1 Å².